The molecule has 182 valence electrons. The average molecular weight is 469 g/mol. The lowest BCUT2D eigenvalue weighted by Gasteiger charge is -2.41. The highest BCUT2D eigenvalue weighted by molar-refractivity contribution is 5.85. The number of rotatable bonds is 10. The molecule has 8 nitrogen and oxygen atoms in total. The normalized spacial score (nSPS) is 19.1. The molecule has 1 N–H and O–H groups in total. The monoisotopic (exact) mass is 468 g/mol. The minimum atomic E-state index is -0.364. The number of para-hydroxylation sites is 1. The van der Waals surface area contributed by atoms with E-state index in [0.29, 0.717) is 55.5 Å². The fourth-order valence-corrected chi connectivity index (χ4v) is 4.56. The second kappa shape index (κ2) is 11.1. The number of likely N-dealkylation sites (tertiary alicyclic amines) is 1. The zero-order chi connectivity index (χ0) is 23.9. The standard InChI is InChI=1S/C26H32N2O6/c1-3-4-14-28-24(29)12-10-20(25(28)19-7-5-6-8-21(19)31-2)26(30)27-13-15-32-18-9-11-22-23(16-18)34-17-33-22/h5-9,11,16,20,25H,3-4,10,12-15,17H2,1-2H3,(H,27,30). The smallest absolute Gasteiger partial charge is 0.231 e. The van der Waals surface area contributed by atoms with Crippen molar-refractivity contribution in [2.45, 2.75) is 38.6 Å². The first-order chi connectivity index (χ1) is 16.6. The second-order valence-corrected chi connectivity index (χ2v) is 8.43. The van der Waals surface area contributed by atoms with Gasteiger partial charge in [0.25, 0.3) is 0 Å². The van der Waals surface area contributed by atoms with E-state index in [0.717, 1.165) is 18.4 Å². The molecule has 0 radical (unpaired) electrons. The van der Waals surface area contributed by atoms with Crippen LogP contribution in [0.15, 0.2) is 42.5 Å². The molecule has 2 aliphatic rings. The van der Waals surface area contributed by atoms with Crippen LogP contribution in [0, 0.1) is 5.92 Å². The maximum absolute atomic E-state index is 13.3. The van der Waals surface area contributed by atoms with Crippen molar-refractivity contribution in [3.8, 4) is 23.0 Å². The van der Waals surface area contributed by atoms with Crippen molar-refractivity contribution in [1.82, 2.24) is 10.2 Å². The summed E-state index contributed by atoms with van der Waals surface area (Å²) in [6.07, 6.45) is 2.71. The lowest BCUT2D eigenvalue weighted by Crippen LogP contribution is -2.48. The van der Waals surface area contributed by atoms with Crippen molar-refractivity contribution in [3.05, 3.63) is 48.0 Å². The van der Waals surface area contributed by atoms with E-state index in [1.165, 1.54) is 0 Å². The number of hydrogen-bond donors (Lipinski definition) is 1. The maximum Gasteiger partial charge on any atom is 0.231 e. The Morgan fingerprint density at radius 3 is 2.82 bits per heavy atom. The van der Waals surface area contributed by atoms with E-state index >= 15 is 0 Å². The van der Waals surface area contributed by atoms with Crippen LogP contribution < -0.4 is 24.3 Å². The highest BCUT2D eigenvalue weighted by Crippen LogP contribution is 2.41. The molecule has 8 heteroatoms. The Hall–Kier alpha value is -3.42. The van der Waals surface area contributed by atoms with E-state index in [9.17, 15) is 9.59 Å². The number of piperidine rings is 1. The zero-order valence-corrected chi connectivity index (χ0v) is 19.7. The lowest BCUT2D eigenvalue weighted by atomic mass is 9.83. The molecule has 2 heterocycles. The summed E-state index contributed by atoms with van der Waals surface area (Å²) in [5, 5.41) is 3.00. The Morgan fingerprint density at radius 2 is 2.00 bits per heavy atom. The maximum atomic E-state index is 13.3. The summed E-state index contributed by atoms with van der Waals surface area (Å²) in [5.41, 5.74) is 0.867. The molecule has 1 saturated heterocycles. The van der Waals surface area contributed by atoms with Crippen LogP contribution >= 0.6 is 0 Å². The summed E-state index contributed by atoms with van der Waals surface area (Å²) < 4.78 is 22.0. The molecule has 0 aromatic heterocycles. The van der Waals surface area contributed by atoms with Crippen molar-refractivity contribution < 1.29 is 28.5 Å². The van der Waals surface area contributed by atoms with Crippen molar-refractivity contribution in [2.24, 2.45) is 5.92 Å². The summed E-state index contributed by atoms with van der Waals surface area (Å²) in [4.78, 5) is 28.0. The van der Waals surface area contributed by atoms with Gasteiger partial charge in [-0.1, -0.05) is 31.5 Å². The predicted molar refractivity (Wildman–Crippen MR) is 126 cm³/mol. The number of nitrogens with one attached hydrogen (secondary N) is 1. The van der Waals surface area contributed by atoms with Crippen LogP contribution in [0.1, 0.15) is 44.2 Å². The summed E-state index contributed by atoms with van der Waals surface area (Å²) >= 11 is 0. The Balaban J connectivity index is 1.43. The first kappa shape index (κ1) is 23.7. The summed E-state index contributed by atoms with van der Waals surface area (Å²) in [7, 11) is 1.61. The molecule has 2 aromatic rings. The Morgan fingerprint density at radius 1 is 1.18 bits per heavy atom. The van der Waals surface area contributed by atoms with Crippen LogP contribution in [0.3, 0.4) is 0 Å². The summed E-state index contributed by atoms with van der Waals surface area (Å²) in [6.45, 7) is 3.59. The van der Waals surface area contributed by atoms with Gasteiger partial charge >= 0.3 is 0 Å². The first-order valence-corrected chi connectivity index (χ1v) is 11.8. The van der Waals surface area contributed by atoms with Gasteiger partial charge in [-0.2, -0.15) is 0 Å². The third-order valence-electron chi connectivity index (χ3n) is 6.27. The van der Waals surface area contributed by atoms with E-state index in [2.05, 4.69) is 12.2 Å². The summed E-state index contributed by atoms with van der Waals surface area (Å²) in [5.74, 6) is 2.32. The van der Waals surface area contributed by atoms with Gasteiger partial charge < -0.3 is 29.2 Å². The molecule has 0 bridgehead atoms. The fourth-order valence-electron chi connectivity index (χ4n) is 4.56. The van der Waals surface area contributed by atoms with E-state index < -0.39 is 0 Å². The number of fused-ring (bicyclic) bond motifs is 1. The Labute approximate surface area is 200 Å². The van der Waals surface area contributed by atoms with E-state index in [4.69, 9.17) is 18.9 Å². The number of carbonyl (C=O) groups excluding carboxylic acids is 2. The third kappa shape index (κ3) is 5.21. The molecule has 2 amide bonds. The van der Waals surface area contributed by atoms with Crippen molar-refractivity contribution in [1.29, 1.82) is 0 Å². The van der Waals surface area contributed by atoms with Gasteiger partial charge in [-0.05, 0) is 31.0 Å². The molecule has 0 spiro atoms. The first-order valence-electron chi connectivity index (χ1n) is 11.8. The van der Waals surface area contributed by atoms with Crippen molar-refractivity contribution >= 4 is 11.8 Å². The molecular weight excluding hydrogens is 436 g/mol. The van der Waals surface area contributed by atoms with Gasteiger partial charge in [0.2, 0.25) is 18.6 Å². The Bertz CT molecular complexity index is 1010. The van der Waals surface area contributed by atoms with Crippen molar-refractivity contribution in [2.75, 3.05) is 33.6 Å². The second-order valence-electron chi connectivity index (χ2n) is 8.43. The fraction of sp³-hybridized carbons (Fsp3) is 0.462. The van der Waals surface area contributed by atoms with E-state index in [-0.39, 0.29) is 30.6 Å². The van der Waals surface area contributed by atoms with Gasteiger partial charge in [0.05, 0.1) is 25.6 Å². The number of benzene rings is 2. The molecule has 0 aliphatic carbocycles. The van der Waals surface area contributed by atoms with Gasteiger partial charge in [0.15, 0.2) is 11.5 Å². The molecule has 4 rings (SSSR count). The number of methoxy groups -OCH3 is 1. The van der Waals surface area contributed by atoms with Gasteiger partial charge in [-0.3, -0.25) is 9.59 Å². The van der Waals surface area contributed by atoms with Crippen LogP contribution in [-0.2, 0) is 9.59 Å². The molecule has 2 aromatic carbocycles. The highest BCUT2D eigenvalue weighted by Gasteiger charge is 2.41. The molecule has 1 fully saturated rings. The van der Waals surface area contributed by atoms with Crippen LogP contribution in [0.5, 0.6) is 23.0 Å². The van der Waals surface area contributed by atoms with Crippen LogP contribution in [0.4, 0.5) is 0 Å². The Kier molecular flexibility index (Phi) is 7.77. The largest absolute Gasteiger partial charge is 0.496 e. The molecule has 34 heavy (non-hydrogen) atoms. The molecule has 2 atom stereocenters. The third-order valence-corrected chi connectivity index (χ3v) is 6.27. The van der Waals surface area contributed by atoms with Gasteiger partial charge in [0, 0.05) is 24.6 Å². The lowest BCUT2D eigenvalue weighted by molar-refractivity contribution is -0.143. The number of nitrogens with zero attached hydrogens (tertiary/aromatic N) is 1. The number of ether oxygens (including phenoxy) is 4. The van der Waals surface area contributed by atoms with Crippen LogP contribution in [0.2, 0.25) is 0 Å². The average Bonchev–Trinajstić information content (AvgIpc) is 3.33. The van der Waals surface area contributed by atoms with Crippen LogP contribution in [-0.4, -0.2) is 50.3 Å². The minimum absolute atomic E-state index is 0.0829. The number of amides is 2. The number of hydrogen-bond acceptors (Lipinski definition) is 6. The molecule has 2 unspecified atom stereocenters. The SMILES string of the molecule is CCCCN1C(=O)CCC(C(=O)NCCOc2ccc3c(c2)OCO3)C1c1ccccc1OC. The van der Waals surface area contributed by atoms with Gasteiger partial charge in [-0.15, -0.1) is 0 Å². The quantitative estimate of drug-likeness (QED) is 0.535. The van der Waals surface area contributed by atoms with E-state index in [1.54, 1.807) is 19.2 Å². The molecular formula is C26H32N2O6. The van der Waals surface area contributed by atoms with E-state index in [1.807, 2.05) is 35.2 Å². The van der Waals surface area contributed by atoms with Crippen molar-refractivity contribution in [3.63, 3.8) is 0 Å². The predicted octanol–water partition coefficient (Wildman–Crippen LogP) is 3.70. The molecule has 2 aliphatic heterocycles. The zero-order valence-electron chi connectivity index (χ0n) is 19.7. The minimum Gasteiger partial charge on any atom is -0.496 e. The van der Waals surface area contributed by atoms with Crippen LogP contribution in [0.25, 0.3) is 0 Å². The van der Waals surface area contributed by atoms with Gasteiger partial charge in [-0.25, -0.2) is 0 Å². The summed E-state index contributed by atoms with van der Waals surface area (Å²) in [6, 6.07) is 12.7. The molecule has 0 saturated carbocycles. The number of unbranched alkanes of at least 4 members (excludes halogenated alkanes) is 1. The topological polar surface area (TPSA) is 86.3 Å². The number of carbonyl (C=O) groups is 2. The van der Waals surface area contributed by atoms with Gasteiger partial charge in [0.1, 0.15) is 18.1 Å². The highest BCUT2D eigenvalue weighted by atomic mass is 16.7.